The molecule has 2 unspecified atom stereocenters. The van der Waals surface area contributed by atoms with Crippen molar-refractivity contribution in [3.8, 4) is 0 Å². The lowest BCUT2D eigenvalue weighted by atomic mass is 9.99. The molecule has 0 amide bonds. The van der Waals surface area contributed by atoms with E-state index in [2.05, 4.69) is 62.5 Å². The summed E-state index contributed by atoms with van der Waals surface area (Å²) in [6.07, 6.45) is 36.8. The van der Waals surface area contributed by atoms with Crippen molar-refractivity contribution in [2.75, 3.05) is 19.8 Å². The fraction of sp³-hybridized carbons (Fsp3) is 0.787. The normalized spacial score (nSPS) is 20.7. The minimum absolute atomic E-state index is 0.193. The molecule has 0 aromatic carbocycles. The first-order valence-electron chi connectivity index (χ1n) is 22.7. The number of carbonyl (C=O) groups is 2. The molecule has 4 N–H and O–H groups in total. The number of unbranched alkanes of at least 4 members (excludes halogenated alkanes) is 18. The predicted molar refractivity (Wildman–Crippen MR) is 229 cm³/mol. The standard InChI is InChI=1S/C47H82O10/c1-3-5-7-9-11-13-15-17-18-19-20-21-22-24-26-28-30-32-34-36-43(50)56-40(39-55-47-46(53)45(52)44(51)41(37-48)57-47)38-54-42(49)35-33-31-29-27-25-23-16-14-12-10-8-6-4-2/h11,13,17-18,20-21,24,26,40-41,44-48,51-53H,3-10,12,14-16,19,22-23,25,27-39H2,1-2H3/b13-11+,18-17+,21-20+,26-24+/t40-,41-,44+,45?,46?,47-/m1/s1. The molecular weight excluding hydrogens is 725 g/mol. The van der Waals surface area contributed by atoms with Gasteiger partial charge in [-0.3, -0.25) is 9.59 Å². The Hall–Kier alpha value is -2.34. The summed E-state index contributed by atoms with van der Waals surface area (Å²) in [5, 5.41) is 40.1. The van der Waals surface area contributed by atoms with E-state index in [1.807, 2.05) is 0 Å². The largest absolute Gasteiger partial charge is 0.462 e. The Bertz CT molecular complexity index is 1070. The molecule has 57 heavy (non-hydrogen) atoms. The molecule has 1 rings (SSSR count). The molecule has 0 saturated carbocycles. The fourth-order valence-electron chi connectivity index (χ4n) is 6.58. The van der Waals surface area contributed by atoms with Gasteiger partial charge in [-0.05, 0) is 57.8 Å². The van der Waals surface area contributed by atoms with Gasteiger partial charge in [0.25, 0.3) is 0 Å². The third-order valence-corrected chi connectivity index (χ3v) is 10.2. The second-order valence-corrected chi connectivity index (χ2v) is 15.5. The van der Waals surface area contributed by atoms with Crippen molar-refractivity contribution in [1.82, 2.24) is 0 Å². The van der Waals surface area contributed by atoms with Gasteiger partial charge in [-0.25, -0.2) is 0 Å². The van der Waals surface area contributed by atoms with Crippen molar-refractivity contribution >= 4 is 11.9 Å². The summed E-state index contributed by atoms with van der Waals surface area (Å²) in [5.41, 5.74) is 0. The lowest BCUT2D eigenvalue weighted by molar-refractivity contribution is -0.305. The van der Waals surface area contributed by atoms with Crippen molar-refractivity contribution in [2.24, 2.45) is 0 Å². The fourth-order valence-corrected chi connectivity index (χ4v) is 6.58. The summed E-state index contributed by atoms with van der Waals surface area (Å²) < 4.78 is 22.1. The van der Waals surface area contributed by atoms with E-state index in [1.54, 1.807) is 0 Å². The van der Waals surface area contributed by atoms with E-state index in [9.17, 15) is 30.0 Å². The number of aliphatic hydroxyl groups excluding tert-OH is 4. The predicted octanol–water partition coefficient (Wildman–Crippen LogP) is 9.67. The summed E-state index contributed by atoms with van der Waals surface area (Å²) in [7, 11) is 0. The van der Waals surface area contributed by atoms with Gasteiger partial charge in [0.2, 0.25) is 0 Å². The van der Waals surface area contributed by atoms with Crippen LogP contribution in [0.15, 0.2) is 48.6 Å². The molecule has 1 fully saturated rings. The summed E-state index contributed by atoms with van der Waals surface area (Å²) >= 11 is 0. The maximum Gasteiger partial charge on any atom is 0.306 e. The maximum absolute atomic E-state index is 12.8. The van der Waals surface area contributed by atoms with Crippen LogP contribution in [-0.2, 0) is 28.5 Å². The lowest BCUT2D eigenvalue weighted by Gasteiger charge is -2.39. The van der Waals surface area contributed by atoms with Gasteiger partial charge in [0, 0.05) is 12.8 Å². The smallest absolute Gasteiger partial charge is 0.306 e. The zero-order valence-corrected chi connectivity index (χ0v) is 35.8. The molecule has 6 atom stereocenters. The van der Waals surface area contributed by atoms with Gasteiger partial charge in [-0.15, -0.1) is 0 Å². The lowest BCUT2D eigenvalue weighted by Crippen LogP contribution is -2.59. The van der Waals surface area contributed by atoms with Gasteiger partial charge in [0.15, 0.2) is 12.4 Å². The Morgan fingerprint density at radius 2 is 0.982 bits per heavy atom. The van der Waals surface area contributed by atoms with Gasteiger partial charge in [-0.1, -0.05) is 159 Å². The second kappa shape index (κ2) is 37.9. The summed E-state index contributed by atoms with van der Waals surface area (Å²) in [5.74, 6) is -0.841. The summed E-state index contributed by atoms with van der Waals surface area (Å²) in [6, 6.07) is 0. The first-order chi connectivity index (χ1) is 27.8. The molecule has 1 aliphatic rings. The quantitative estimate of drug-likeness (QED) is 0.0271. The van der Waals surface area contributed by atoms with E-state index in [-0.39, 0.29) is 32.0 Å². The molecule has 0 bridgehead atoms. The number of ether oxygens (including phenoxy) is 4. The third kappa shape index (κ3) is 29.5. The molecular formula is C47H82O10. The molecule has 0 aliphatic carbocycles. The molecule has 1 heterocycles. The average Bonchev–Trinajstić information content (AvgIpc) is 3.21. The van der Waals surface area contributed by atoms with E-state index >= 15 is 0 Å². The molecule has 1 aliphatic heterocycles. The Labute approximate surface area is 346 Å². The van der Waals surface area contributed by atoms with Gasteiger partial charge in [0.05, 0.1) is 13.2 Å². The van der Waals surface area contributed by atoms with Crippen LogP contribution in [-0.4, -0.2) is 89.0 Å². The average molecular weight is 807 g/mol. The van der Waals surface area contributed by atoms with Crippen LogP contribution in [0.5, 0.6) is 0 Å². The number of carbonyl (C=O) groups excluding carboxylic acids is 2. The number of esters is 2. The van der Waals surface area contributed by atoms with E-state index in [0.29, 0.717) is 6.42 Å². The highest BCUT2D eigenvalue weighted by Gasteiger charge is 2.44. The molecule has 0 radical (unpaired) electrons. The van der Waals surface area contributed by atoms with Crippen molar-refractivity contribution < 1.29 is 49.0 Å². The van der Waals surface area contributed by atoms with Gasteiger partial charge in [-0.2, -0.15) is 0 Å². The van der Waals surface area contributed by atoms with Crippen molar-refractivity contribution in [3.05, 3.63) is 48.6 Å². The van der Waals surface area contributed by atoms with Crippen molar-refractivity contribution in [2.45, 2.75) is 218 Å². The topological polar surface area (TPSA) is 152 Å². The monoisotopic (exact) mass is 807 g/mol. The minimum Gasteiger partial charge on any atom is -0.462 e. The van der Waals surface area contributed by atoms with Crippen LogP contribution >= 0.6 is 0 Å². The van der Waals surface area contributed by atoms with Crippen LogP contribution in [0.1, 0.15) is 181 Å². The van der Waals surface area contributed by atoms with Crippen molar-refractivity contribution in [1.29, 1.82) is 0 Å². The van der Waals surface area contributed by atoms with Crippen LogP contribution in [0.25, 0.3) is 0 Å². The number of aliphatic hydroxyl groups is 4. The Morgan fingerprint density at radius 1 is 0.544 bits per heavy atom. The van der Waals surface area contributed by atoms with Crippen LogP contribution in [0.2, 0.25) is 0 Å². The van der Waals surface area contributed by atoms with Crippen LogP contribution in [0.3, 0.4) is 0 Å². The number of hydrogen-bond donors (Lipinski definition) is 4. The minimum atomic E-state index is -1.60. The third-order valence-electron chi connectivity index (χ3n) is 10.2. The molecule has 10 nitrogen and oxygen atoms in total. The van der Waals surface area contributed by atoms with Gasteiger partial charge < -0.3 is 39.4 Å². The highest BCUT2D eigenvalue weighted by molar-refractivity contribution is 5.70. The van der Waals surface area contributed by atoms with E-state index in [0.717, 1.165) is 57.8 Å². The molecule has 1 saturated heterocycles. The van der Waals surface area contributed by atoms with Crippen molar-refractivity contribution in [3.63, 3.8) is 0 Å². The molecule has 0 aromatic heterocycles. The number of hydrogen-bond acceptors (Lipinski definition) is 10. The Morgan fingerprint density at radius 3 is 1.51 bits per heavy atom. The van der Waals surface area contributed by atoms with Crippen LogP contribution in [0.4, 0.5) is 0 Å². The summed E-state index contributed by atoms with van der Waals surface area (Å²) in [4.78, 5) is 25.3. The van der Waals surface area contributed by atoms with E-state index in [1.165, 1.54) is 89.9 Å². The highest BCUT2D eigenvalue weighted by atomic mass is 16.7. The molecule has 0 spiro atoms. The van der Waals surface area contributed by atoms with E-state index in [4.69, 9.17) is 18.9 Å². The molecule has 10 heteroatoms. The van der Waals surface area contributed by atoms with Crippen LogP contribution in [0, 0.1) is 0 Å². The maximum atomic E-state index is 12.8. The van der Waals surface area contributed by atoms with Gasteiger partial charge in [0.1, 0.15) is 31.0 Å². The zero-order chi connectivity index (χ0) is 41.6. The Balaban J connectivity index is 2.36. The SMILES string of the molecule is CCCCC/C=C/C/C=C/C/C=C/C/C=C/CCCCCC(=O)O[C@H](COC(=O)CCCCCCCCCCCCCCC)CO[C@@H]1O[C@H](CO)[C@H](O)C(O)C1O. The molecule has 330 valence electrons. The zero-order valence-electron chi connectivity index (χ0n) is 35.8. The molecule has 0 aromatic rings. The van der Waals surface area contributed by atoms with Gasteiger partial charge >= 0.3 is 11.9 Å². The number of allylic oxidation sites excluding steroid dienone is 8. The number of rotatable bonds is 37. The highest BCUT2D eigenvalue weighted by Crippen LogP contribution is 2.22. The second-order valence-electron chi connectivity index (χ2n) is 15.5. The first kappa shape index (κ1) is 52.7. The Kier molecular flexibility index (Phi) is 35.0. The van der Waals surface area contributed by atoms with E-state index < -0.39 is 49.4 Å². The summed E-state index contributed by atoms with van der Waals surface area (Å²) in [6.45, 7) is 3.36. The van der Waals surface area contributed by atoms with Crippen LogP contribution < -0.4 is 0 Å². The first-order valence-corrected chi connectivity index (χ1v) is 22.7.